The summed E-state index contributed by atoms with van der Waals surface area (Å²) in [7, 11) is 0. The van der Waals surface area contributed by atoms with Crippen LogP contribution in [0, 0.1) is 13.8 Å². The lowest BCUT2D eigenvalue weighted by Crippen LogP contribution is -2.27. The third-order valence-corrected chi connectivity index (χ3v) is 2.62. The first-order valence-electron chi connectivity index (χ1n) is 5.89. The molecule has 90 valence electrons. The summed E-state index contributed by atoms with van der Waals surface area (Å²) in [5, 5.41) is 2.17. The largest absolute Gasteiger partial charge is 0.128 e. The van der Waals surface area contributed by atoms with E-state index in [1.165, 1.54) is 11.1 Å². The maximum Gasteiger partial charge on any atom is -0.0130 e. The minimum atomic E-state index is 1.01. The lowest BCUT2D eigenvalue weighted by molar-refractivity contribution is 1.27. The van der Waals surface area contributed by atoms with Crippen LogP contribution in [0.15, 0.2) is 31.0 Å². The van der Waals surface area contributed by atoms with E-state index in [0.29, 0.717) is 0 Å². The van der Waals surface area contributed by atoms with Crippen molar-refractivity contribution >= 4 is 18.7 Å². The van der Waals surface area contributed by atoms with Crippen molar-refractivity contribution in [3.05, 3.63) is 58.2 Å². The van der Waals surface area contributed by atoms with E-state index in [1.807, 2.05) is 26.0 Å². The van der Waals surface area contributed by atoms with Gasteiger partial charge in [-0.05, 0) is 53.1 Å². The molecule has 1 aromatic rings. The van der Waals surface area contributed by atoms with Crippen molar-refractivity contribution in [3.8, 4) is 0 Å². The van der Waals surface area contributed by atoms with Gasteiger partial charge in [0.25, 0.3) is 0 Å². The summed E-state index contributed by atoms with van der Waals surface area (Å²) in [6.07, 6.45) is 5.67. The van der Waals surface area contributed by atoms with Crippen LogP contribution in [0.1, 0.15) is 30.5 Å². The van der Waals surface area contributed by atoms with Gasteiger partial charge in [-0.15, -0.1) is 5.73 Å². The van der Waals surface area contributed by atoms with Gasteiger partial charge in [0.15, 0.2) is 0 Å². The number of hydrogen-bond acceptors (Lipinski definition) is 0. The van der Waals surface area contributed by atoms with E-state index in [9.17, 15) is 0 Å². The van der Waals surface area contributed by atoms with Gasteiger partial charge in [0.2, 0.25) is 0 Å². The van der Waals surface area contributed by atoms with Crippen LogP contribution >= 0.6 is 0 Å². The third kappa shape index (κ3) is 3.62. The van der Waals surface area contributed by atoms with Gasteiger partial charge in [-0.1, -0.05) is 45.7 Å². The molecular formula is C17H22. The number of rotatable bonds is 2. The van der Waals surface area contributed by atoms with Gasteiger partial charge in [0, 0.05) is 0 Å². The van der Waals surface area contributed by atoms with Gasteiger partial charge < -0.3 is 0 Å². The smallest absolute Gasteiger partial charge is 0.0130 e. The lowest BCUT2D eigenvalue weighted by atomic mass is 9.99. The molecule has 0 heterocycles. The SMILES string of the molecule is C=C=Cc1cc(=C)/c(=C\C=C)c(C)c1C.CC. The fourth-order valence-corrected chi connectivity index (χ4v) is 1.64. The molecular weight excluding hydrogens is 204 g/mol. The molecule has 0 bridgehead atoms. The van der Waals surface area contributed by atoms with Crippen molar-refractivity contribution in [1.82, 2.24) is 0 Å². The van der Waals surface area contributed by atoms with Crippen LogP contribution in [-0.2, 0) is 0 Å². The maximum atomic E-state index is 4.04. The predicted molar refractivity (Wildman–Crippen MR) is 80.3 cm³/mol. The van der Waals surface area contributed by atoms with Gasteiger partial charge in [-0.2, -0.15) is 0 Å². The van der Waals surface area contributed by atoms with Crippen molar-refractivity contribution in [1.29, 1.82) is 0 Å². The van der Waals surface area contributed by atoms with E-state index >= 15 is 0 Å². The molecule has 0 heteroatoms. The highest BCUT2D eigenvalue weighted by Crippen LogP contribution is 2.08. The molecule has 0 aliphatic heterocycles. The molecule has 0 radical (unpaired) electrons. The van der Waals surface area contributed by atoms with E-state index < -0.39 is 0 Å². The van der Waals surface area contributed by atoms with Crippen LogP contribution in [0.3, 0.4) is 0 Å². The van der Waals surface area contributed by atoms with Crippen molar-refractivity contribution in [2.24, 2.45) is 0 Å². The zero-order valence-electron chi connectivity index (χ0n) is 11.4. The van der Waals surface area contributed by atoms with E-state index in [4.69, 9.17) is 0 Å². The Bertz CT molecular complexity index is 538. The van der Waals surface area contributed by atoms with E-state index in [1.54, 1.807) is 6.08 Å². The highest BCUT2D eigenvalue weighted by molar-refractivity contribution is 5.57. The summed E-state index contributed by atoms with van der Waals surface area (Å²) in [5.74, 6) is 0. The summed E-state index contributed by atoms with van der Waals surface area (Å²) >= 11 is 0. The highest BCUT2D eigenvalue weighted by atomic mass is 14.0. The minimum absolute atomic E-state index is 1.01. The Kier molecular flexibility index (Phi) is 6.70. The van der Waals surface area contributed by atoms with Crippen molar-refractivity contribution in [2.45, 2.75) is 27.7 Å². The third-order valence-electron chi connectivity index (χ3n) is 2.62. The molecule has 0 saturated carbocycles. The van der Waals surface area contributed by atoms with Crippen molar-refractivity contribution in [3.63, 3.8) is 0 Å². The molecule has 0 nitrogen and oxygen atoms in total. The number of benzene rings is 1. The molecule has 0 aliphatic carbocycles. The second kappa shape index (κ2) is 7.49. The minimum Gasteiger partial charge on any atom is -0.128 e. The molecule has 0 aromatic heterocycles. The molecule has 0 unspecified atom stereocenters. The molecule has 0 atom stereocenters. The second-order valence-electron chi connectivity index (χ2n) is 3.54. The van der Waals surface area contributed by atoms with Crippen LogP contribution in [0.5, 0.6) is 0 Å². The highest BCUT2D eigenvalue weighted by Gasteiger charge is 2.00. The Morgan fingerprint density at radius 3 is 2.24 bits per heavy atom. The molecule has 1 aromatic carbocycles. The first-order valence-corrected chi connectivity index (χ1v) is 5.89. The topological polar surface area (TPSA) is 0 Å². The van der Waals surface area contributed by atoms with Gasteiger partial charge >= 0.3 is 0 Å². The average Bonchev–Trinajstić information content (AvgIpc) is 2.34. The first kappa shape index (κ1) is 15.2. The zero-order chi connectivity index (χ0) is 13.4. The van der Waals surface area contributed by atoms with Gasteiger partial charge in [-0.3, -0.25) is 0 Å². The van der Waals surface area contributed by atoms with Crippen LogP contribution in [0.2, 0.25) is 0 Å². The molecule has 1 rings (SSSR count). The van der Waals surface area contributed by atoms with E-state index in [2.05, 4.69) is 45.4 Å². The van der Waals surface area contributed by atoms with Gasteiger partial charge in [-0.25, -0.2) is 0 Å². The maximum absolute atomic E-state index is 4.04. The standard InChI is InChI=1S/C15H16.C2H6/c1-6-8-14-10-11(3)15(9-7-2)13(5)12(14)4;1-2/h7-10H,1-3H2,4-5H3;1-2H3/b15-9+;. The Hall–Kier alpha value is -1.78. The summed E-state index contributed by atoms with van der Waals surface area (Å²) in [4.78, 5) is 0. The fourth-order valence-electron chi connectivity index (χ4n) is 1.64. The van der Waals surface area contributed by atoms with E-state index in [-0.39, 0.29) is 0 Å². The summed E-state index contributed by atoms with van der Waals surface area (Å²) in [6.45, 7) is 19.5. The number of allylic oxidation sites excluding steroid dienone is 1. The summed E-state index contributed by atoms with van der Waals surface area (Å²) < 4.78 is 0. The molecule has 0 fully saturated rings. The van der Waals surface area contributed by atoms with E-state index in [0.717, 1.165) is 16.0 Å². The van der Waals surface area contributed by atoms with Gasteiger partial charge in [0.05, 0.1) is 0 Å². The Morgan fingerprint density at radius 1 is 1.18 bits per heavy atom. The predicted octanol–water partition coefficient (Wildman–Crippen LogP) is 3.50. The average molecular weight is 226 g/mol. The summed E-state index contributed by atoms with van der Waals surface area (Å²) in [6, 6.07) is 2.05. The fraction of sp³-hybridized carbons (Fsp3) is 0.235. The quantitative estimate of drug-likeness (QED) is 0.677. The lowest BCUT2D eigenvalue weighted by Gasteiger charge is -2.05. The van der Waals surface area contributed by atoms with Crippen molar-refractivity contribution < 1.29 is 0 Å². The molecule has 0 aliphatic rings. The van der Waals surface area contributed by atoms with Crippen LogP contribution in [0.4, 0.5) is 0 Å². The van der Waals surface area contributed by atoms with Crippen LogP contribution < -0.4 is 10.4 Å². The second-order valence-corrected chi connectivity index (χ2v) is 3.54. The molecule has 0 spiro atoms. The molecule has 17 heavy (non-hydrogen) atoms. The van der Waals surface area contributed by atoms with Crippen LogP contribution in [0.25, 0.3) is 18.7 Å². The molecule has 0 amide bonds. The first-order chi connectivity index (χ1) is 8.11. The Balaban J connectivity index is 0.00000121. The van der Waals surface area contributed by atoms with Crippen molar-refractivity contribution in [2.75, 3.05) is 0 Å². The number of hydrogen-bond donors (Lipinski definition) is 0. The Morgan fingerprint density at radius 2 is 1.76 bits per heavy atom. The Labute approximate surface area is 105 Å². The molecule has 0 saturated heterocycles. The normalized spacial score (nSPS) is 10.0. The van der Waals surface area contributed by atoms with Crippen LogP contribution in [-0.4, -0.2) is 0 Å². The monoisotopic (exact) mass is 226 g/mol. The summed E-state index contributed by atoms with van der Waals surface area (Å²) in [5.41, 5.74) is 6.41. The zero-order valence-corrected chi connectivity index (χ0v) is 11.4. The van der Waals surface area contributed by atoms with Gasteiger partial charge in [0.1, 0.15) is 0 Å². The molecule has 0 N–H and O–H groups in total.